The van der Waals surface area contributed by atoms with Gasteiger partial charge in [-0.15, -0.1) is 0 Å². The third-order valence-corrected chi connectivity index (χ3v) is 7.52. The second-order valence-corrected chi connectivity index (χ2v) is 11.2. The third-order valence-electron chi connectivity index (χ3n) is 7.11. The van der Waals surface area contributed by atoms with Crippen molar-refractivity contribution in [1.29, 1.82) is 0 Å². The summed E-state index contributed by atoms with van der Waals surface area (Å²) < 4.78 is 39.5. The Labute approximate surface area is 225 Å². The Bertz CT molecular complexity index is 1460. The molecular weight excluding hydrogens is 500 g/mol. The molecule has 5 rings (SSSR count). The molecule has 2 aliphatic rings. The normalized spacial score (nSPS) is 19.6. The van der Waals surface area contributed by atoms with E-state index in [0.29, 0.717) is 12.6 Å². The van der Waals surface area contributed by atoms with Gasteiger partial charge in [-0.3, -0.25) is 4.18 Å². The third kappa shape index (κ3) is 5.99. The molecule has 1 atom stereocenters. The maximum Gasteiger partial charge on any atom is 0.217 e. The van der Waals surface area contributed by atoms with E-state index in [1.165, 1.54) is 33.8 Å². The molecule has 0 radical (unpaired) electrons. The predicted molar refractivity (Wildman–Crippen MR) is 149 cm³/mol. The summed E-state index contributed by atoms with van der Waals surface area (Å²) in [5.41, 5.74) is 7.68. The van der Waals surface area contributed by atoms with Crippen LogP contribution in [0.5, 0.6) is 5.75 Å². The second-order valence-electron chi connectivity index (χ2n) is 10.0. The van der Waals surface area contributed by atoms with Crippen LogP contribution in [0.4, 0.5) is 11.4 Å². The molecule has 0 saturated heterocycles. The molecule has 2 heterocycles. The van der Waals surface area contributed by atoms with E-state index in [0.717, 1.165) is 19.3 Å². The standard InChI is InChI=1S/C29H31N2O.CH4O4S/c1-21-18-23-12-8-9-13-26(23)31(21)17-16-28-29(2,3)25-19-24(14-15-27(25)30(28)4)32-20-22-10-6-5-7-11-22;1-5-6(2,3)4/h5-17,19,21H,18,20H2,1-4H3;1H3,(H,2,3,4)/q+1;/p-1. The number of allylic oxidation sites excluding steroid dienone is 2. The average Bonchev–Trinajstić information content (AvgIpc) is 3.31. The zero-order valence-corrected chi connectivity index (χ0v) is 23.2. The van der Waals surface area contributed by atoms with E-state index in [4.69, 9.17) is 4.74 Å². The van der Waals surface area contributed by atoms with E-state index in [1.54, 1.807) is 0 Å². The van der Waals surface area contributed by atoms with Gasteiger partial charge in [0, 0.05) is 48.0 Å². The smallest absolute Gasteiger partial charge is 0.217 e. The SMILES string of the molecule is CC1Cc2ccccc2[N+]1=C/C=C1/N(C)c2ccc(OCc3ccccc3)cc2C1(C)C.COS(=O)(=O)[O-]. The maximum absolute atomic E-state index is 9.22. The number of anilines is 1. The summed E-state index contributed by atoms with van der Waals surface area (Å²) in [4.78, 5) is 2.32. The Kier molecular flexibility index (Phi) is 8.06. The van der Waals surface area contributed by atoms with Crippen LogP contribution in [0.3, 0.4) is 0 Å². The molecule has 3 aromatic rings. The van der Waals surface area contributed by atoms with Gasteiger partial charge in [0.15, 0.2) is 12.3 Å². The number of fused-ring (bicyclic) bond motifs is 2. The van der Waals surface area contributed by atoms with Crippen LogP contribution in [0.25, 0.3) is 0 Å². The Balaban J connectivity index is 0.000000505. The maximum atomic E-state index is 9.22. The van der Waals surface area contributed by atoms with Crippen LogP contribution in [0, 0.1) is 0 Å². The minimum absolute atomic E-state index is 0.102. The Morgan fingerprint density at radius 3 is 2.42 bits per heavy atom. The van der Waals surface area contributed by atoms with Gasteiger partial charge in [-0.2, -0.15) is 4.58 Å². The minimum Gasteiger partial charge on any atom is -0.726 e. The Hall–Kier alpha value is -3.46. The highest BCUT2D eigenvalue weighted by atomic mass is 32.3. The van der Waals surface area contributed by atoms with Crippen molar-refractivity contribution in [3.05, 3.63) is 101 Å². The predicted octanol–water partition coefficient (Wildman–Crippen LogP) is 5.33. The first-order valence-electron chi connectivity index (χ1n) is 12.5. The lowest BCUT2D eigenvalue weighted by atomic mass is 9.83. The van der Waals surface area contributed by atoms with Crippen LogP contribution in [0.2, 0.25) is 0 Å². The van der Waals surface area contributed by atoms with Crippen molar-refractivity contribution >= 4 is 28.0 Å². The van der Waals surface area contributed by atoms with E-state index in [2.05, 4.69) is 108 Å². The summed E-state index contributed by atoms with van der Waals surface area (Å²) in [6, 6.07) is 26.0. The molecule has 38 heavy (non-hydrogen) atoms. The molecule has 0 bridgehead atoms. The molecule has 200 valence electrons. The van der Waals surface area contributed by atoms with Crippen molar-refractivity contribution < 1.29 is 26.5 Å². The highest BCUT2D eigenvalue weighted by Gasteiger charge is 2.39. The van der Waals surface area contributed by atoms with Crippen molar-refractivity contribution in [3.8, 4) is 5.75 Å². The molecule has 0 saturated carbocycles. The van der Waals surface area contributed by atoms with Gasteiger partial charge in [-0.25, -0.2) is 8.42 Å². The molecule has 0 aliphatic carbocycles. The van der Waals surface area contributed by atoms with E-state index in [1.807, 2.05) is 18.2 Å². The quantitative estimate of drug-likeness (QED) is 0.250. The zero-order chi connectivity index (χ0) is 27.5. The molecule has 8 heteroatoms. The number of hydrogen-bond donors (Lipinski definition) is 0. The lowest BCUT2D eigenvalue weighted by molar-refractivity contribution is -0.463. The van der Waals surface area contributed by atoms with Gasteiger partial charge >= 0.3 is 0 Å². The molecule has 3 aromatic carbocycles. The molecule has 0 aromatic heterocycles. The number of benzene rings is 3. The first kappa shape index (κ1) is 27.6. The number of ether oxygens (including phenoxy) is 1. The monoisotopic (exact) mass is 534 g/mol. The van der Waals surface area contributed by atoms with Crippen LogP contribution < -0.4 is 9.64 Å². The molecule has 0 fully saturated rings. The number of likely N-dealkylation sites (N-methyl/N-ethyl adjacent to an activating group) is 1. The molecule has 1 unspecified atom stereocenters. The summed E-state index contributed by atoms with van der Waals surface area (Å²) in [6.45, 7) is 7.48. The summed E-state index contributed by atoms with van der Waals surface area (Å²) in [5, 5.41) is 0. The summed E-state index contributed by atoms with van der Waals surface area (Å²) in [6.07, 6.45) is 5.66. The molecule has 0 amide bonds. The zero-order valence-electron chi connectivity index (χ0n) is 22.4. The van der Waals surface area contributed by atoms with Crippen LogP contribution in [0.15, 0.2) is 84.6 Å². The second kappa shape index (κ2) is 11.1. The summed E-state index contributed by atoms with van der Waals surface area (Å²) >= 11 is 0. The van der Waals surface area contributed by atoms with Crippen molar-refractivity contribution in [2.45, 2.75) is 45.3 Å². The van der Waals surface area contributed by atoms with Gasteiger partial charge in [0.25, 0.3) is 0 Å². The van der Waals surface area contributed by atoms with E-state index >= 15 is 0 Å². The van der Waals surface area contributed by atoms with Crippen molar-refractivity contribution in [3.63, 3.8) is 0 Å². The minimum atomic E-state index is -4.41. The molecule has 2 aliphatic heterocycles. The summed E-state index contributed by atoms with van der Waals surface area (Å²) in [7, 11) is -1.44. The lowest BCUT2D eigenvalue weighted by Gasteiger charge is -2.23. The lowest BCUT2D eigenvalue weighted by Crippen LogP contribution is -2.24. The van der Waals surface area contributed by atoms with Crippen LogP contribution in [0.1, 0.15) is 37.5 Å². The van der Waals surface area contributed by atoms with E-state index < -0.39 is 10.4 Å². The largest absolute Gasteiger partial charge is 0.726 e. The molecule has 0 spiro atoms. The van der Waals surface area contributed by atoms with Crippen molar-refractivity contribution in [1.82, 2.24) is 0 Å². The average molecular weight is 535 g/mol. The summed E-state index contributed by atoms with van der Waals surface area (Å²) in [5.74, 6) is 0.918. The fourth-order valence-electron chi connectivity index (χ4n) is 5.11. The van der Waals surface area contributed by atoms with Crippen molar-refractivity contribution in [2.24, 2.45) is 0 Å². The highest BCUT2D eigenvalue weighted by Crippen LogP contribution is 2.48. The number of nitrogens with zero attached hydrogens (tertiary/aromatic N) is 2. The molecule has 0 N–H and O–H groups in total. The Morgan fingerprint density at radius 1 is 1.08 bits per heavy atom. The fourth-order valence-corrected chi connectivity index (χ4v) is 5.11. The van der Waals surface area contributed by atoms with Crippen LogP contribution in [-0.4, -0.2) is 44.0 Å². The van der Waals surface area contributed by atoms with Gasteiger partial charge in [0.05, 0.1) is 7.11 Å². The highest BCUT2D eigenvalue weighted by molar-refractivity contribution is 7.80. The van der Waals surface area contributed by atoms with Gasteiger partial charge in [0.1, 0.15) is 12.4 Å². The van der Waals surface area contributed by atoms with E-state index in [-0.39, 0.29) is 5.41 Å². The first-order valence-corrected chi connectivity index (χ1v) is 13.8. The van der Waals surface area contributed by atoms with Crippen molar-refractivity contribution in [2.75, 3.05) is 19.1 Å². The fraction of sp³-hybridized carbons (Fsp3) is 0.300. The Morgan fingerprint density at radius 2 is 1.74 bits per heavy atom. The number of hydrogen-bond acceptors (Lipinski definition) is 6. The van der Waals surface area contributed by atoms with E-state index in [9.17, 15) is 13.0 Å². The number of rotatable bonds is 5. The van der Waals surface area contributed by atoms with Gasteiger partial charge in [0.2, 0.25) is 16.1 Å². The van der Waals surface area contributed by atoms with Gasteiger partial charge in [-0.05, 0) is 36.2 Å². The first-order chi connectivity index (χ1) is 18.0. The van der Waals surface area contributed by atoms with Gasteiger partial charge in [-0.1, -0.05) is 62.4 Å². The molecule has 7 nitrogen and oxygen atoms in total. The topological polar surface area (TPSA) is 81.9 Å². The van der Waals surface area contributed by atoms with Crippen LogP contribution >= 0.6 is 0 Å². The number of para-hydroxylation sites is 1. The molecular formula is C30H34N2O5S. The van der Waals surface area contributed by atoms with Gasteiger partial charge < -0.3 is 14.2 Å². The van der Waals surface area contributed by atoms with Crippen LogP contribution in [-0.2, 0) is 33.0 Å².